The van der Waals surface area contributed by atoms with Gasteiger partial charge >= 0.3 is 0 Å². The Kier molecular flexibility index (Phi) is 5.19. The lowest BCUT2D eigenvalue weighted by atomic mass is 10.1. The first-order valence-corrected chi connectivity index (χ1v) is 5.41. The highest BCUT2D eigenvalue weighted by Crippen LogP contribution is 2.15. The van der Waals surface area contributed by atoms with Crippen LogP contribution in [0.5, 0.6) is 0 Å². The van der Waals surface area contributed by atoms with Crippen molar-refractivity contribution in [1.29, 1.82) is 0 Å². The van der Waals surface area contributed by atoms with Gasteiger partial charge in [-0.2, -0.15) is 0 Å². The standard InChI is InChI=1S/C13H15Cl/c1-2-3-4-5-6-9-12-10-7-8-11-13(12)14/h7-8,10-11H,2-3,6,9H2,1H3. The van der Waals surface area contributed by atoms with Crippen LogP contribution >= 0.6 is 11.6 Å². The van der Waals surface area contributed by atoms with E-state index in [0.29, 0.717) is 0 Å². The van der Waals surface area contributed by atoms with Gasteiger partial charge in [-0.05, 0) is 24.5 Å². The fraction of sp³-hybridized carbons (Fsp3) is 0.385. The number of unbranched alkanes of at least 4 members (excludes halogenated alkanes) is 1. The number of hydrogen-bond acceptors (Lipinski definition) is 0. The average Bonchev–Trinajstić information content (AvgIpc) is 2.20. The van der Waals surface area contributed by atoms with Crippen LogP contribution in [0, 0.1) is 11.8 Å². The Morgan fingerprint density at radius 2 is 1.86 bits per heavy atom. The summed E-state index contributed by atoms with van der Waals surface area (Å²) in [5.74, 6) is 6.29. The average molecular weight is 207 g/mol. The van der Waals surface area contributed by atoms with E-state index in [2.05, 4.69) is 24.8 Å². The van der Waals surface area contributed by atoms with Gasteiger partial charge in [0, 0.05) is 17.9 Å². The Morgan fingerprint density at radius 1 is 1.14 bits per heavy atom. The zero-order chi connectivity index (χ0) is 10.2. The molecule has 0 spiro atoms. The smallest absolute Gasteiger partial charge is 0.0438 e. The van der Waals surface area contributed by atoms with Crippen molar-refractivity contribution in [1.82, 2.24) is 0 Å². The van der Waals surface area contributed by atoms with Crippen molar-refractivity contribution in [3.8, 4) is 11.8 Å². The molecule has 0 amide bonds. The van der Waals surface area contributed by atoms with E-state index >= 15 is 0 Å². The fourth-order valence-corrected chi connectivity index (χ4v) is 1.43. The van der Waals surface area contributed by atoms with Crippen LogP contribution in [0.15, 0.2) is 24.3 Å². The highest BCUT2D eigenvalue weighted by molar-refractivity contribution is 6.31. The second kappa shape index (κ2) is 6.51. The second-order valence-corrected chi connectivity index (χ2v) is 3.60. The summed E-state index contributed by atoms with van der Waals surface area (Å²) >= 11 is 6.02. The maximum atomic E-state index is 6.02. The monoisotopic (exact) mass is 206 g/mol. The fourth-order valence-electron chi connectivity index (χ4n) is 1.20. The number of rotatable bonds is 3. The summed E-state index contributed by atoms with van der Waals surface area (Å²) in [6, 6.07) is 7.95. The minimum absolute atomic E-state index is 0.852. The molecule has 0 aromatic heterocycles. The lowest BCUT2D eigenvalue weighted by Gasteiger charge is -1.99. The van der Waals surface area contributed by atoms with Crippen molar-refractivity contribution >= 4 is 11.6 Å². The van der Waals surface area contributed by atoms with E-state index in [1.165, 1.54) is 5.56 Å². The molecule has 0 unspecified atom stereocenters. The molecule has 1 aromatic rings. The Morgan fingerprint density at radius 3 is 2.57 bits per heavy atom. The third-order valence-electron chi connectivity index (χ3n) is 1.98. The van der Waals surface area contributed by atoms with Gasteiger partial charge in [-0.3, -0.25) is 0 Å². The van der Waals surface area contributed by atoms with E-state index < -0.39 is 0 Å². The predicted molar refractivity (Wildman–Crippen MR) is 62.5 cm³/mol. The molecule has 1 rings (SSSR count). The van der Waals surface area contributed by atoms with Crippen molar-refractivity contribution in [2.24, 2.45) is 0 Å². The molecule has 74 valence electrons. The molecule has 0 saturated heterocycles. The van der Waals surface area contributed by atoms with Crippen LogP contribution in [0.1, 0.15) is 31.7 Å². The second-order valence-electron chi connectivity index (χ2n) is 3.19. The van der Waals surface area contributed by atoms with Gasteiger partial charge in [0.05, 0.1) is 0 Å². The van der Waals surface area contributed by atoms with Gasteiger partial charge in [-0.1, -0.05) is 36.7 Å². The maximum absolute atomic E-state index is 6.02. The van der Waals surface area contributed by atoms with Gasteiger partial charge in [0.1, 0.15) is 0 Å². The third kappa shape index (κ3) is 3.85. The summed E-state index contributed by atoms with van der Waals surface area (Å²) in [7, 11) is 0. The molecule has 0 aliphatic rings. The third-order valence-corrected chi connectivity index (χ3v) is 2.35. The number of aryl methyl sites for hydroxylation is 1. The van der Waals surface area contributed by atoms with Gasteiger partial charge in [-0.25, -0.2) is 0 Å². The lowest BCUT2D eigenvalue weighted by molar-refractivity contribution is 0.974. The molecule has 0 N–H and O–H groups in total. The van der Waals surface area contributed by atoms with Crippen molar-refractivity contribution in [3.05, 3.63) is 34.9 Å². The van der Waals surface area contributed by atoms with Crippen LogP contribution in [0.25, 0.3) is 0 Å². The Bertz CT molecular complexity index is 331. The summed E-state index contributed by atoms with van der Waals surface area (Å²) in [4.78, 5) is 0. The summed E-state index contributed by atoms with van der Waals surface area (Å²) in [6.07, 6.45) is 4.00. The molecule has 0 aliphatic heterocycles. The topological polar surface area (TPSA) is 0 Å². The van der Waals surface area contributed by atoms with Gasteiger partial charge in [-0.15, -0.1) is 11.8 Å². The molecule has 0 heterocycles. The highest BCUT2D eigenvalue weighted by atomic mass is 35.5. The van der Waals surface area contributed by atoms with Crippen LogP contribution in [0.3, 0.4) is 0 Å². The molecule has 0 aliphatic carbocycles. The van der Waals surface area contributed by atoms with Crippen molar-refractivity contribution in [3.63, 3.8) is 0 Å². The molecular formula is C13H15Cl. The normalized spacial score (nSPS) is 9.29. The van der Waals surface area contributed by atoms with E-state index in [-0.39, 0.29) is 0 Å². The first-order valence-electron chi connectivity index (χ1n) is 5.03. The van der Waals surface area contributed by atoms with Gasteiger partial charge in [0.2, 0.25) is 0 Å². The molecule has 0 radical (unpaired) electrons. The summed E-state index contributed by atoms with van der Waals surface area (Å²) in [6.45, 7) is 2.14. The quantitative estimate of drug-likeness (QED) is 0.654. The van der Waals surface area contributed by atoms with E-state index in [0.717, 1.165) is 30.7 Å². The van der Waals surface area contributed by atoms with Crippen LogP contribution in [0.4, 0.5) is 0 Å². The Labute approximate surface area is 91.3 Å². The number of halogens is 1. The zero-order valence-corrected chi connectivity index (χ0v) is 9.27. The predicted octanol–water partition coefficient (Wildman–Crippen LogP) is 4.08. The summed E-state index contributed by atoms with van der Waals surface area (Å²) in [5.41, 5.74) is 1.19. The Hall–Kier alpha value is -0.930. The minimum atomic E-state index is 0.852. The molecular weight excluding hydrogens is 192 g/mol. The highest BCUT2D eigenvalue weighted by Gasteiger charge is 1.95. The van der Waals surface area contributed by atoms with Crippen LogP contribution in [-0.4, -0.2) is 0 Å². The zero-order valence-electron chi connectivity index (χ0n) is 8.52. The van der Waals surface area contributed by atoms with E-state index in [4.69, 9.17) is 11.6 Å². The maximum Gasteiger partial charge on any atom is 0.0438 e. The molecule has 14 heavy (non-hydrogen) atoms. The molecule has 0 saturated carbocycles. The summed E-state index contributed by atoms with van der Waals surface area (Å²) < 4.78 is 0. The molecule has 0 bridgehead atoms. The molecule has 0 atom stereocenters. The van der Waals surface area contributed by atoms with Crippen molar-refractivity contribution < 1.29 is 0 Å². The first-order chi connectivity index (χ1) is 6.84. The number of benzene rings is 1. The van der Waals surface area contributed by atoms with Crippen LogP contribution in [-0.2, 0) is 6.42 Å². The van der Waals surface area contributed by atoms with Crippen molar-refractivity contribution in [2.45, 2.75) is 32.6 Å². The van der Waals surface area contributed by atoms with E-state index in [9.17, 15) is 0 Å². The summed E-state index contributed by atoms with van der Waals surface area (Å²) in [5, 5.41) is 0.852. The lowest BCUT2D eigenvalue weighted by Crippen LogP contribution is -1.84. The first kappa shape index (κ1) is 11.1. The van der Waals surface area contributed by atoms with Crippen molar-refractivity contribution in [2.75, 3.05) is 0 Å². The van der Waals surface area contributed by atoms with Gasteiger partial charge in [0.25, 0.3) is 0 Å². The molecule has 0 fully saturated rings. The molecule has 1 aromatic carbocycles. The van der Waals surface area contributed by atoms with Crippen LogP contribution in [0.2, 0.25) is 5.02 Å². The Balaban J connectivity index is 2.40. The largest absolute Gasteiger partial charge is 0.103 e. The minimum Gasteiger partial charge on any atom is -0.103 e. The number of hydrogen-bond donors (Lipinski definition) is 0. The van der Waals surface area contributed by atoms with Gasteiger partial charge < -0.3 is 0 Å². The van der Waals surface area contributed by atoms with Gasteiger partial charge in [0.15, 0.2) is 0 Å². The molecule has 1 heteroatoms. The van der Waals surface area contributed by atoms with E-state index in [1.54, 1.807) is 0 Å². The van der Waals surface area contributed by atoms with Crippen LogP contribution < -0.4 is 0 Å². The molecule has 0 nitrogen and oxygen atoms in total. The SMILES string of the molecule is CCCC#CCCc1ccccc1Cl. The van der Waals surface area contributed by atoms with E-state index in [1.807, 2.05) is 18.2 Å².